The smallest absolute Gasteiger partial charge is 0.320 e. The van der Waals surface area contributed by atoms with Crippen LogP contribution in [-0.4, -0.2) is 61.9 Å². The van der Waals surface area contributed by atoms with Gasteiger partial charge in [0, 0.05) is 26.2 Å². The van der Waals surface area contributed by atoms with Crippen LogP contribution in [0.3, 0.4) is 0 Å². The van der Waals surface area contributed by atoms with E-state index in [2.05, 4.69) is 0 Å². The number of hydrogen-bond acceptors (Lipinski definition) is 5. The van der Waals surface area contributed by atoms with E-state index in [9.17, 15) is 17.6 Å². The largest absolute Gasteiger partial charge is 0.459 e. The molecule has 0 amide bonds. The fraction of sp³-hybridized carbons (Fsp3) is 0.562. The van der Waals surface area contributed by atoms with Gasteiger partial charge in [0.15, 0.2) is 0 Å². The Kier molecular flexibility index (Phi) is 5.62. The first kappa shape index (κ1) is 18.8. The van der Waals surface area contributed by atoms with Gasteiger partial charge in [-0.05, 0) is 45.0 Å². The molecule has 1 aromatic carbocycles. The first-order chi connectivity index (χ1) is 11.1. The Hall–Kier alpha value is -1.51. The number of halogens is 1. The second kappa shape index (κ2) is 7.16. The molecule has 0 N–H and O–H groups in total. The van der Waals surface area contributed by atoms with E-state index in [0.717, 1.165) is 12.1 Å². The van der Waals surface area contributed by atoms with Crippen LogP contribution in [0, 0.1) is 5.82 Å². The SMILES string of the molecule is CC(C)(C)OC(=O)CN1CCN(S(=O)(=O)c2ccc(F)cc2)CC1. The third-order valence-electron chi connectivity index (χ3n) is 3.56. The van der Waals surface area contributed by atoms with E-state index in [-0.39, 0.29) is 30.5 Å². The minimum Gasteiger partial charge on any atom is -0.459 e. The number of sulfonamides is 1. The molecule has 24 heavy (non-hydrogen) atoms. The molecule has 134 valence electrons. The molecule has 0 aliphatic carbocycles. The number of ether oxygens (including phenoxy) is 1. The highest BCUT2D eigenvalue weighted by Crippen LogP contribution is 2.18. The Morgan fingerprint density at radius 2 is 1.67 bits per heavy atom. The molecular weight excluding hydrogens is 335 g/mol. The Balaban J connectivity index is 1.92. The summed E-state index contributed by atoms with van der Waals surface area (Å²) < 4.78 is 44.6. The van der Waals surface area contributed by atoms with E-state index in [1.165, 1.54) is 16.4 Å². The topological polar surface area (TPSA) is 66.9 Å². The number of rotatable bonds is 4. The van der Waals surface area contributed by atoms with Crippen molar-refractivity contribution in [1.82, 2.24) is 9.21 Å². The number of carbonyl (C=O) groups is 1. The van der Waals surface area contributed by atoms with E-state index >= 15 is 0 Å². The van der Waals surface area contributed by atoms with Gasteiger partial charge in [0.2, 0.25) is 10.0 Å². The number of esters is 1. The first-order valence-electron chi connectivity index (χ1n) is 7.78. The summed E-state index contributed by atoms with van der Waals surface area (Å²) in [6.07, 6.45) is 0. The van der Waals surface area contributed by atoms with Crippen LogP contribution >= 0.6 is 0 Å². The summed E-state index contributed by atoms with van der Waals surface area (Å²) in [6, 6.07) is 4.78. The highest BCUT2D eigenvalue weighted by molar-refractivity contribution is 7.89. The molecule has 1 fully saturated rings. The van der Waals surface area contributed by atoms with E-state index < -0.39 is 21.4 Å². The molecule has 0 spiro atoms. The highest BCUT2D eigenvalue weighted by atomic mass is 32.2. The lowest BCUT2D eigenvalue weighted by atomic mass is 10.2. The minimum atomic E-state index is -3.64. The summed E-state index contributed by atoms with van der Waals surface area (Å²) >= 11 is 0. The third-order valence-corrected chi connectivity index (χ3v) is 5.47. The molecule has 0 aromatic heterocycles. The van der Waals surface area contributed by atoms with Crippen molar-refractivity contribution in [3.63, 3.8) is 0 Å². The van der Waals surface area contributed by atoms with E-state index in [0.29, 0.717) is 13.1 Å². The number of piperazine rings is 1. The molecule has 8 heteroatoms. The normalized spacial score (nSPS) is 17.7. The van der Waals surface area contributed by atoms with E-state index in [1.54, 1.807) is 20.8 Å². The molecule has 0 unspecified atom stereocenters. The maximum absolute atomic E-state index is 12.9. The van der Waals surface area contributed by atoms with Gasteiger partial charge in [-0.25, -0.2) is 12.8 Å². The molecule has 1 aromatic rings. The molecule has 1 aliphatic rings. The number of carbonyl (C=O) groups excluding carboxylic acids is 1. The van der Waals surface area contributed by atoms with E-state index in [1.807, 2.05) is 4.90 Å². The first-order valence-corrected chi connectivity index (χ1v) is 9.22. The maximum atomic E-state index is 12.9. The molecule has 1 heterocycles. The molecule has 0 atom stereocenters. The molecule has 6 nitrogen and oxygen atoms in total. The van der Waals surface area contributed by atoms with Gasteiger partial charge in [-0.15, -0.1) is 0 Å². The van der Waals surface area contributed by atoms with E-state index in [4.69, 9.17) is 4.74 Å². The van der Waals surface area contributed by atoms with Gasteiger partial charge >= 0.3 is 5.97 Å². The summed E-state index contributed by atoms with van der Waals surface area (Å²) in [4.78, 5) is 13.8. The summed E-state index contributed by atoms with van der Waals surface area (Å²) in [5, 5.41) is 0. The number of hydrogen-bond donors (Lipinski definition) is 0. The molecule has 0 saturated carbocycles. The van der Waals surface area contributed by atoms with Crippen LogP contribution in [0.25, 0.3) is 0 Å². The van der Waals surface area contributed by atoms with Crippen molar-refractivity contribution in [2.24, 2.45) is 0 Å². The summed E-state index contributed by atoms with van der Waals surface area (Å²) in [5.41, 5.74) is -0.537. The second-order valence-corrected chi connectivity index (χ2v) is 8.66. The predicted molar refractivity (Wildman–Crippen MR) is 87.4 cm³/mol. The Labute approximate surface area is 142 Å². The second-order valence-electron chi connectivity index (χ2n) is 6.72. The monoisotopic (exact) mass is 358 g/mol. The molecular formula is C16H23FN2O4S. The van der Waals surface area contributed by atoms with Gasteiger partial charge in [-0.3, -0.25) is 9.69 Å². The Morgan fingerprint density at radius 1 is 1.12 bits per heavy atom. The van der Waals surface area contributed by atoms with Gasteiger partial charge < -0.3 is 4.74 Å². The van der Waals surface area contributed by atoms with Crippen molar-refractivity contribution in [2.45, 2.75) is 31.3 Å². The zero-order valence-electron chi connectivity index (χ0n) is 14.2. The van der Waals surface area contributed by atoms with Crippen molar-refractivity contribution >= 4 is 16.0 Å². The van der Waals surface area contributed by atoms with Gasteiger partial charge in [-0.1, -0.05) is 0 Å². The molecule has 0 radical (unpaired) electrons. The fourth-order valence-electron chi connectivity index (χ4n) is 2.44. The molecule has 2 rings (SSSR count). The number of nitrogens with zero attached hydrogens (tertiary/aromatic N) is 2. The van der Waals surface area contributed by atoms with Crippen molar-refractivity contribution in [3.05, 3.63) is 30.1 Å². The summed E-state index contributed by atoms with van der Waals surface area (Å²) in [5.74, 6) is -0.798. The average Bonchev–Trinajstić information content (AvgIpc) is 2.46. The van der Waals surface area contributed by atoms with Crippen LogP contribution in [0.15, 0.2) is 29.2 Å². The van der Waals surface area contributed by atoms with Crippen molar-refractivity contribution < 1.29 is 22.3 Å². The van der Waals surface area contributed by atoms with Gasteiger partial charge in [0.05, 0.1) is 11.4 Å². The van der Waals surface area contributed by atoms with Crippen molar-refractivity contribution in [1.29, 1.82) is 0 Å². The van der Waals surface area contributed by atoms with Crippen LogP contribution in [0.4, 0.5) is 4.39 Å². The van der Waals surface area contributed by atoms with Crippen LogP contribution in [-0.2, 0) is 19.6 Å². The zero-order valence-corrected chi connectivity index (χ0v) is 15.0. The van der Waals surface area contributed by atoms with Crippen molar-refractivity contribution in [2.75, 3.05) is 32.7 Å². The van der Waals surface area contributed by atoms with Gasteiger partial charge in [0.1, 0.15) is 11.4 Å². The summed E-state index contributed by atoms with van der Waals surface area (Å²) in [6.45, 7) is 7.00. The maximum Gasteiger partial charge on any atom is 0.320 e. The minimum absolute atomic E-state index is 0.0736. The standard InChI is InChI=1S/C16H23FN2O4S/c1-16(2,3)23-15(20)12-18-8-10-19(11-9-18)24(21,22)14-6-4-13(17)5-7-14/h4-7H,8-12H2,1-3H3. The molecule has 0 bridgehead atoms. The van der Waals surface area contributed by atoms with Crippen molar-refractivity contribution in [3.8, 4) is 0 Å². The Bertz CT molecular complexity index is 675. The third kappa shape index (κ3) is 4.99. The van der Waals surface area contributed by atoms with Crippen LogP contribution < -0.4 is 0 Å². The van der Waals surface area contributed by atoms with Gasteiger partial charge in [0.25, 0.3) is 0 Å². The fourth-order valence-corrected chi connectivity index (χ4v) is 3.86. The van der Waals surface area contributed by atoms with Crippen LogP contribution in [0.5, 0.6) is 0 Å². The highest BCUT2D eigenvalue weighted by Gasteiger charge is 2.29. The lowest BCUT2D eigenvalue weighted by molar-refractivity contribution is -0.156. The van der Waals surface area contributed by atoms with Crippen LogP contribution in [0.2, 0.25) is 0 Å². The summed E-state index contributed by atoms with van der Waals surface area (Å²) in [7, 11) is -3.64. The predicted octanol–water partition coefficient (Wildman–Crippen LogP) is 1.47. The lowest BCUT2D eigenvalue weighted by Crippen LogP contribution is -2.50. The quantitative estimate of drug-likeness (QED) is 0.763. The molecule has 1 aliphatic heterocycles. The van der Waals surface area contributed by atoms with Gasteiger partial charge in [-0.2, -0.15) is 4.31 Å². The molecule has 1 saturated heterocycles. The zero-order chi connectivity index (χ0) is 18.0. The Morgan fingerprint density at radius 3 is 2.17 bits per heavy atom. The average molecular weight is 358 g/mol. The lowest BCUT2D eigenvalue weighted by Gasteiger charge is -2.33. The van der Waals surface area contributed by atoms with Crippen LogP contribution in [0.1, 0.15) is 20.8 Å². The number of benzene rings is 1.